The molecule has 0 heterocycles. The molecular weight excluding hydrogens is 128 g/mol. The van der Waals surface area contributed by atoms with Gasteiger partial charge in [0, 0.05) is 18.3 Å². The zero-order valence-electron chi connectivity index (χ0n) is 5.54. The number of aromatic hydroxyl groups is 1. The van der Waals surface area contributed by atoms with Crippen molar-refractivity contribution in [1.29, 1.82) is 0 Å². The van der Waals surface area contributed by atoms with E-state index in [2.05, 4.69) is 0 Å². The minimum Gasteiger partial charge on any atom is -0.508 e. The molecule has 0 saturated carbocycles. The fourth-order valence-electron chi connectivity index (χ4n) is 0.818. The molecule has 54 valence electrons. The molecule has 1 aromatic carbocycles. The zero-order valence-corrected chi connectivity index (χ0v) is 5.54. The number of anilines is 1. The monoisotopic (exact) mass is 138 g/mol. The Hall–Kier alpha value is -1.22. The Morgan fingerprint density at radius 3 is 2.50 bits per heavy atom. The van der Waals surface area contributed by atoms with Gasteiger partial charge in [-0.25, -0.2) is 0 Å². The highest BCUT2D eigenvalue weighted by Crippen LogP contribution is 2.16. The Bertz CT molecular complexity index is 215. The summed E-state index contributed by atoms with van der Waals surface area (Å²) < 4.78 is 0. The van der Waals surface area contributed by atoms with E-state index in [0.717, 1.165) is 5.56 Å². The number of hydrogen-bond donors (Lipinski definition) is 3. The van der Waals surface area contributed by atoms with E-state index in [-0.39, 0.29) is 5.75 Å². The highest BCUT2D eigenvalue weighted by atomic mass is 16.3. The fourth-order valence-corrected chi connectivity index (χ4v) is 0.818. The van der Waals surface area contributed by atoms with Gasteiger partial charge in [0.2, 0.25) is 0 Å². The van der Waals surface area contributed by atoms with Crippen LogP contribution in [0.5, 0.6) is 5.75 Å². The van der Waals surface area contributed by atoms with Gasteiger partial charge in [-0.3, -0.25) is 0 Å². The summed E-state index contributed by atoms with van der Waals surface area (Å²) in [6.45, 7) is 0.401. The molecule has 1 rings (SSSR count). The zero-order chi connectivity index (χ0) is 7.56. The normalized spacial score (nSPS) is 9.70. The van der Waals surface area contributed by atoms with E-state index in [9.17, 15) is 0 Å². The summed E-state index contributed by atoms with van der Waals surface area (Å²) in [7, 11) is 0. The van der Waals surface area contributed by atoms with Crippen LogP contribution in [0.4, 0.5) is 5.69 Å². The lowest BCUT2D eigenvalue weighted by Crippen LogP contribution is -1.96. The van der Waals surface area contributed by atoms with Gasteiger partial charge in [0.25, 0.3) is 0 Å². The maximum Gasteiger partial charge on any atom is 0.117 e. The quantitative estimate of drug-likeness (QED) is 0.493. The molecule has 0 aromatic heterocycles. The number of phenolic OH excluding ortho intramolecular Hbond substituents is 1. The van der Waals surface area contributed by atoms with Gasteiger partial charge in [0.1, 0.15) is 5.75 Å². The summed E-state index contributed by atoms with van der Waals surface area (Å²) in [5.74, 6) is 0.167. The molecule has 0 spiro atoms. The van der Waals surface area contributed by atoms with Crippen molar-refractivity contribution >= 4 is 5.69 Å². The van der Waals surface area contributed by atoms with Gasteiger partial charge in [0.05, 0.1) is 0 Å². The number of nitrogen functional groups attached to an aromatic ring is 1. The number of rotatable bonds is 1. The lowest BCUT2D eigenvalue weighted by molar-refractivity contribution is 0.475. The third-order valence-electron chi connectivity index (χ3n) is 1.24. The lowest BCUT2D eigenvalue weighted by atomic mass is 10.2. The Morgan fingerprint density at radius 1 is 1.30 bits per heavy atom. The molecule has 3 heteroatoms. The summed E-state index contributed by atoms with van der Waals surface area (Å²) in [5, 5.41) is 8.99. The first-order chi connectivity index (χ1) is 4.72. The minimum absolute atomic E-state index is 0.167. The van der Waals surface area contributed by atoms with Gasteiger partial charge < -0.3 is 16.6 Å². The summed E-state index contributed by atoms with van der Waals surface area (Å²) >= 11 is 0. The number of nitrogens with two attached hydrogens (primary N) is 2. The van der Waals surface area contributed by atoms with Crippen LogP contribution in [0.3, 0.4) is 0 Å². The van der Waals surface area contributed by atoms with Crippen LogP contribution in [0.25, 0.3) is 0 Å². The molecule has 10 heavy (non-hydrogen) atoms. The molecule has 0 bridgehead atoms. The first-order valence-corrected chi connectivity index (χ1v) is 3.01. The SMILES string of the molecule is NCc1cc(N)cc(O)c1. The van der Waals surface area contributed by atoms with Crippen LogP contribution >= 0.6 is 0 Å². The standard InChI is InChI=1S/C7H10N2O/c8-4-5-1-6(9)3-7(10)2-5/h1-3,10H,4,8-9H2. The van der Waals surface area contributed by atoms with E-state index >= 15 is 0 Å². The van der Waals surface area contributed by atoms with Crippen molar-refractivity contribution in [1.82, 2.24) is 0 Å². The third kappa shape index (κ3) is 1.39. The van der Waals surface area contributed by atoms with E-state index in [4.69, 9.17) is 16.6 Å². The highest BCUT2D eigenvalue weighted by molar-refractivity contribution is 5.46. The smallest absolute Gasteiger partial charge is 0.117 e. The number of benzene rings is 1. The van der Waals surface area contributed by atoms with E-state index in [1.54, 1.807) is 12.1 Å². The highest BCUT2D eigenvalue weighted by Gasteiger charge is 1.93. The van der Waals surface area contributed by atoms with Crippen LogP contribution < -0.4 is 11.5 Å². The maximum atomic E-state index is 8.99. The van der Waals surface area contributed by atoms with Crippen molar-refractivity contribution in [3.8, 4) is 5.75 Å². The molecule has 0 radical (unpaired) electrons. The second kappa shape index (κ2) is 2.58. The van der Waals surface area contributed by atoms with Crippen molar-refractivity contribution in [3.63, 3.8) is 0 Å². The molecule has 0 aliphatic rings. The van der Waals surface area contributed by atoms with Crippen LogP contribution in [0.1, 0.15) is 5.56 Å². The topological polar surface area (TPSA) is 72.3 Å². The minimum atomic E-state index is 0.167. The Labute approximate surface area is 59.3 Å². The van der Waals surface area contributed by atoms with Gasteiger partial charge in [-0.1, -0.05) is 0 Å². The van der Waals surface area contributed by atoms with Crippen LogP contribution in [0.2, 0.25) is 0 Å². The first kappa shape index (κ1) is 6.89. The average molecular weight is 138 g/mol. The molecule has 0 aliphatic heterocycles. The van der Waals surface area contributed by atoms with E-state index < -0.39 is 0 Å². The summed E-state index contributed by atoms with van der Waals surface area (Å²) in [5.41, 5.74) is 12.1. The Morgan fingerprint density at radius 2 is 2.00 bits per heavy atom. The largest absolute Gasteiger partial charge is 0.508 e. The van der Waals surface area contributed by atoms with Gasteiger partial charge in [-0.2, -0.15) is 0 Å². The molecule has 3 nitrogen and oxygen atoms in total. The van der Waals surface area contributed by atoms with Crippen molar-refractivity contribution in [2.75, 3.05) is 5.73 Å². The maximum absolute atomic E-state index is 8.99. The molecule has 0 unspecified atom stereocenters. The second-order valence-corrected chi connectivity index (χ2v) is 2.14. The predicted molar refractivity (Wildman–Crippen MR) is 40.4 cm³/mol. The van der Waals surface area contributed by atoms with E-state index in [0.29, 0.717) is 12.2 Å². The summed E-state index contributed by atoms with van der Waals surface area (Å²) in [6, 6.07) is 4.81. The van der Waals surface area contributed by atoms with Crippen LogP contribution in [0.15, 0.2) is 18.2 Å². The number of hydrogen-bond acceptors (Lipinski definition) is 3. The van der Waals surface area contributed by atoms with Gasteiger partial charge in [0.15, 0.2) is 0 Å². The van der Waals surface area contributed by atoms with Crippen molar-refractivity contribution in [2.45, 2.75) is 6.54 Å². The molecule has 0 aliphatic carbocycles. The first-order valence-electron chi connectivity index (χ1n) is 3.01. The summed E-state index contributed by atoms with van der Waals surface area (Å²) in [4.78, 5) is 0. The molecule has 0 amide bonds. The van der Waals surface area contributed by atoms with Crippen LogP contribution in [-0.2, 0) is 6.54 Å². The van der Waals surface area contributed by atoms with Crippen molar-refractivity contribution < 1.29 is 5.11 Å². The van der Waals surface area contributed by atoms with Crippen LogP contribution in [0, 0.1) is 0 Å². The van der Waals surface area contributed by atoms with Gasteiger partial charge in [-0.05, 0) is 17.7 Å². The molecule has 5 N–H and O–H groups in total. The lowest BCUT2D eigenvalue weighted by Gasteiger charge is -1.99. The molecule has 0 fully saturated rings. The van der Waals surface area contributed by atoms with Crippen molar-refractivity contribution in [2.24, 2.45) is 5.73 Å². The Balaban J connectivity index is 3.06. The Kier molecular flexibility index (Phi) is 1.78. The van der Waals surface area contributed by atoms with E-state index in [1.807, 2.05) is 0 Å². The van der Waals surface area contributed by atoms with Crippen LogP contribution in [-0.4, -0.2) is 5.11 Å². The van der Waals surface area contributed by atoms with E-state index in [1.165, 1.54) is 6.07 Å². The second-order valence-electron chi connectivity index (χ2n) is 2.14. The molecule has 1 aromatic rings. The summed E-state index contributed by atoms with van der Waals surface area (Å²) in [6.07, 6.45) is 0. The molecule has 0 saturated heterocycles. The number of phenols is 1. The predicted octanol–water partition coefficient (Wildman–Crippen LogP) is 0.433. The molecule has 0 atom stereocenters. The average Bonchev–Trinajstić information content (AvgIpc) is 1.85. The van der Waals surface area contributed by atoms with Gasteiger partial charge >= 0.3 is 0 Å². The fraction of sp³-hybridized carbons (Fsp3) is 0.143. The van der Waals surface area contributed by atoms with Gasteiger partial charge in [-0.15, -0.1) is 0 Å². The van der Waals surface area contributed by atoms with Crippen molar-refractivity contribution in [3.05, 3.63) is 23.8 Å². The molecular formula is C7H10N2O. The third-order valence-corrected chi connectivity index (χ3v) is 1.24.